The summed E-state index contributed by atoms with van der Waals surface area (Å²) in [6.07, 6.45) is 2.89. The lowest BCUT2D eigenvalue weighted by atomic mass is 10.0. The van der Waals surface area contributed by atoms with Crippen molar-refractivity contribution in [3.05, 3.63) is 29.3 Å². The second-order valence-corrected chi connectivity index (χ2v) is 5.31. The van der Waals surface area contributed by atoms with Gasteiger partial charge in [-0.15, -0.1) is 0 Å². The van der Waals surface area contributed by atoms with Gasteiger partial charge in [0.15, 0.2) is 0 Å². The van der Waals surface area contributed by atoms with E-state index in [1.165, 1.54) is 11.3 Å². The number of nitrogens with one attached hydrogen (secondary N) is 1. The van der Waals surface area contributed by atoms with E-state index in [1.807, 2.05) is 30.1 Å². The van der Waals surface area contributed by atoms with E-state index in [0.29, 0.717) is 6.04 Å². The topological polar surface area (TPSA) is 41.6 Å². The molecule has 1 amide bonds. The molecule has 0 spiro atoms. The van der Waals surface area contributed by atoms with Gasteiger partial charge in [-0.2, -0.15) is 0 Å². The molecule has 2 heterocycles. The molecule has 1 fully saturated rings. The van der Waals surface area contributed by atoms with Crippen LogP contribution >= 0.6 is 0 Å². The van der Waals surface area contributed by atoms with Crippen molar-refractivity contribution >= 4 is 11.6 Å². The number of hydrogen-bond acceptors (Lipinski definition) is 3. The lowest BCUT2D eigenvalue weighted by Crippen LogP contribution is -2.40. The van der Waals surface area contributed by atoms with Crippen molar-refractivity contribution in [1.29, 1.82) is 0 Å². The fourth-order valence-corrected chi connectivity index (χ4v) is 2.88. The highest BCUT2D eigenvalue weighted by molar-refractivity contribution is 5.95. The second-order valence-electron chi connectivity index (χ2n) is 5.31. The lowest BCUT2D eigenvalue weighted by molar-refractivity contribution is 0.0362. The van der Waals surface area contributed by atoms with Crippen LogP contribution in [0.1, 0.15) is 28.8 Å². The Morgan fingerprint density at radius 3 is 2.95 bits per heavy atom. The van der Waals surface area contributed by atoms with E-state index in [0.717, 1.165) is 44.6 Å². The van der Waals surface area contributed by atoms with Crippen molar-refractivity contribution in [1.82, 2.24) is 4.90 Å². The fraction of sp³-hybridized carbons (Fsp3) is 0.533. The predicted molar refractivity (Wildman–Crippen MR) is 74.6 cm³/mol. The zero-order valence-electron chi connectivity index (χ0n) is 11.3. The first-order valence-electron chi connectivity index (χ1n) is 6.97. The van der Waals surface area contributed by atoms with Gasteiger partial charge in [-0.25, -0.2) is 0 Å². The van der Waals surface area contributed by atoms with Crippen molar-refractivity contribution in [3.63, 3.8) is 0 Å². The summed E-state index contributed by atoms with van der Waals surface area (Å²) in [5, 5.41) is 3.32. The zero-order valence-corrected chi connectivity index (χ0v) is 11.3. The molecule has 2 aliphatic rings. The molecule has 0 unspecified atom stereocenters. The number of benzene rings is 1. The highest BCUT2D eigenvalue weighted by Crippen LogP contribution is 2.24. The van der Waals surface area contributed by atoms with Crippen LogP contribution in [0, 0.1) is 0 Å². The monoisotopic (exact) mass is 260 g/mol. The molecule has 0 aliphatic carbocycles. The standard InChI is InChI=1S/C15H20N2O2/c1-17(13-5-8-19-9-6-13)15(18)12-2-3-14-11(10-12)4-7-16-14/h2-3,10,13,16H,4-9H2,1H3. The average molecular weight is 260 g/mol. The van der Waals surface area contributed by atoms with Gasteiger partial charge in [0.25, 0.3) is 5.91 Å². The van der Waals surface area contributed by atoms with E-state index in [1.54, 1.807) is 0 Å². The minimum Gasteiger partial charge on any atom is -0.384 e. The van der Waals surface area contributed by atoms with Gasteiger partial charge in [-0.05, 0) is 43.0 Å². The molecule has 1 aromatic rings. The third-order valence-corrected chi connectivity index (χ3v) is 4.12. The molecule has 0 atom stereocenters. The highest BCUT2D eigenvalue weighted by Gasteiger charge is 2.24. The molecule has 4 heteroatoms. The van der Waals surface area contributed by atoms with Crippen molar-refractivity contribution in [2.45, 2.75) is 25.3 Å². The summed E-state index contributed by atoms with van der Waals surface area (Å²) < 4.78 is 5.35. The summed E-state index contributed by atoms with van der Waals surface area (Å²) in [4.78, 5) is 14.4. The van der Waals surface area contributed by atoms with Crippen LogP contribution < -0.4 is 5.32 Å². The maximum atomic E-state index is 12.5. The van der Waals surface area contributed by atoms with E-state index < -0.39 is 0 Å². The van der Waals surface area contributed by atoms with E-state index in [-0.39, 0.29) is 5.91 Å². The molecule has 0 bridgehead atoms. The Balaban J connectivity index is 1.75. The van der Waals surface area contributed by atoms with Gasteiger partial charge in [-0.3, -0.25) is 4.79 Å². The van der Waals surface area contributed by atoms with Crippen LogP contribution in [-0.4, -0.2) is 43.7 Å². The van der Waals surface area contributed by atoms with Gasteiger partial charge in [0.1, 0.15) is 0 Å². The Hall–Kier alpha value is -1.55. The minimum atomic E-state index is 0.126. The van der Waals surface area contributed by atoms with Crippen LogP contribution in [0.2, 0.25) is 0 Å². The molecule has 1 N–H and O–H groups in total. The van der Waals surface area contributed by atoms with Gasteiger partial charge in [0.2, 0.25) is 0 Å². The minimum absolute atomic E-state index is 0.126. The van der Waals surface area contributed by atoms with Crippen LogP contribution in [0.3, 0.4) is 0 Å². The smallest absolute Gasteiger partial charge is 0.253 e. The van der Waals surface area contributed by atoms with Crippen molar-refractivity contribution in [2.24, 2.45) is 0 Å². The number of carbonyl (C=O) groups is 1. The zero-order chi connectivity index (χ0) is 13.2. The van der Waals surface area contributed by atoms with Crippen molar-refractivity contribution < 1.29 is 9.53 Å². The molecule has 1 saturated heterocycles. The number of carbonyl (C=O) groups excluding carboxylic acids is 1. The molecule has 19 heavy (non-hydrogen) atoms. The first-order chi connectivity index (χ1) is 9.25. The van der Waals surface area contributed by atoms with Gasteiger partial charge in [0.05, 0.1) is 0 Å². The first-order valence-corrected chi connectivity index (χ1v) is 6.97. The molecular weight excluding hydrogens is 240 g/mol. The summed E-state index contributed by atoms with van der Waals surface area (Å²) >= 11 is 0. The largest absolute Gasteiger partial charge is 0.384 e. The van der Waals surface area contributed by atoms with Gasteiger partial charge in [0, 0.05) is 44.1 Å². The predicted octanol–water partition coefficient (Wildman–Crippen LogP) is 1.91. The van der Waals surface area contributed by atoms with Crippen LogP contribution in [0.15, 0.2) is 18.2 Å². The number of rotatable bonds is 2. The maximum Gasteiger partial charge on any atom is 0.253 e. The number of nitrogens with zero attached hydrogens (tertiary/aromatic N) is 1. The van der Waals surface area contributed by atoms with E-state index in [9.17, 15) is 4.79 Å². The highest BCUT2D eigenvalue weighted by atomic mass is 16.5. The average Bonchev–Trinajstić information content (AvgIpc) is 2.94. The summed E-state index contributed by atoms with van der Waals surface area (Å²) in [7, 11) is 1.91. The van der Waals surface area contributed by atoms with Gasteiger partial charge >= 0.3 is 0 Å². The van der Waals surface area contributed by atoms with Gasteiger partial charge in [-0.1, -0.05) is 0 Å². The SMILES string of the molecule is CN(C(=O)c1ccc2c(c1)CCN2)C1CCOCC1. The number of ether oxygens (including phenoxy) is 1. The second kappa shape index (κ2) is 5.21. The fourth-order valence-electron chi connectivity index (χ4n) is 2.88. The molecule has 0 aromatic heterocycles. The Bertz CT molecular complexity index is 481. The number of amides is 1. The molecule has 4 nitrogen and oxygen atoms in total. The maximum absolute atomic E-state index is 12.5. The molecule has 0 saturated carbocycles. The summed E-state index contributed by atoms with van der Waals surface area (Å²) in [6.45, 7) is 2.50. The van der Waals surface area contributed by atoms with E-state index in [4.69, 9.17) is 4.74 Å². The molecule has 0 radical (unpaired) electrons. The third kappa shape index (κ3) is 2.45. The number of fused-ring (bicyclic) bond motifs is 1. The summed E-state index contributed by atoms with van der Waals surface area (Å²) in [5.41, 5.74) is 3.23. The quantitative estimate of drug-likeness (QED) is 0.883. The normalized spacial score (nSPS) is 18.8. The van der Waals surface area contributed by atoms with Crippen LogP contribution in [0.25, 0.3) is 0 Å². The van der Waals surface area contributed by atoms with Crippen LogP contribution in [0.5, 0.6) is 0 Å². The number of hydrogen-bond donors (Lipinski definition) is 1. The molecule has 3 rings (SSSR count). The molecule has 2 aliphatic heterocycles. The Labute approximate surface area is 113 Å². The third-order valence-electron chi connectivity index (χ3n) is 4.12. The lowest BCUT2D eigenvalue weighted by Gasteiger charge is -2.31. The van der Waals surface area contributed by atoms with E-state index in [2.05, 4.69) is 5.32 Å². The van der Waals surface area contributed by atoms with Crippen molar-refractivity contribution in [3.8, 4) is 0 Å². The Kier molecular flexibility index (Phi) is 3.42. The number of anilines is 1. The summed E-state index contributed by atoms with van der Waals surface area (Å²) in [5.74, 6) is 0.126. The Morgan fingerprint density at radius 1 is 1.37 bits per heavy atom. The molecular formula is C15H20N2O2. The van der Waals surface area contributed by atoms with Crippen molar-refractivity contribution in [2.75, 3.05) is 32.1 Å². The Morgan fingerprint density at radius 2 is 2.16 bits per heavy atom. The van der Waals surface area contributed by atoms with E-state index >= 15 is 0 Å². The first kappa shape index (κ1) is 12.5. The van der Waals surface area contributed by atoms with Gasteiger partial charge < -0.3 is 15.0 Å². The molecule has 102 valence electrons. The van der Waals surface area contributed by atoms with Crippen LogP contribution in [-0.2, 0) is 11.2 Å². The van der Waals surface area contributed by atoms with Crippen LogP contribution in [0.4, 0.5) is 5.69 Å². The molecule has 1 aromatic carbocycles. The summed E-state index contributed by atoms with van der Waals surface area (Å²) in [6, 6.07) is 6.29.